The molecule has 1 unspecified atom stereocenters. The molecule has 0 saturated carbocycles. The van der Waals surface area contributed by atoms with Gasteiger partial charge in [-0.2, -0.15) is 0 Å². The molecule has 0 spiro atoms. The van der Waals surface area contributed by atoms with Gasteiger partial charge in [0.25, 0.3) is 0 Å². The van der Waals surface area contributed by atoms with Crippen molar-refractivity contribution in [3.05, 3.63) is 12.3 Å². The van der Waals surface area contributed by atoms with Crippen LogP contribution in [-0.2, 0) is 9.59 Å². The number of fused-ring (bicyclic) bond motifs is 1. The third-order valence-corrected chi connectivity index (χ3v) is 4.30. The molecule has 3 aliphatic heterocycles. The lowest BCUT2D eigenvalue weighted by Crippen LogP contribution is -2.48. The van der Waals surface area contributed by atoms with Gasteiger partial charge in [-0.15, -0.1) is 11.8 Å². The van der Waals surface area contributed by atoms with Gasteiger partial charge in [0.05, 0.1) is 11.8 Å². The number of nitrogens with zero attached hydrogens (tertiary/aromatic N) is 2. The fraction of sp³-hybridized carbons (Fsp3) is 0.667. The summed E-state index contributed by atoms with van der Waals surface area (Å²) >= 11 is 1.84. The van der Waals surface area contributed by atoms with Crippen LogP contribution in [0.3, 0.4) is 0 Å². The van der Waals surface area contributed by atoms with Crippen LogP contribution in [-0.4, -0.2) is 46.3 Å². The number of thioether (sulfide) groups is 1. The molecule has 5 heteroatoms. The van der Waals surface area contributed by atoms with Gasteiger partial charge in [-0.3, -0.25) is 9.59 Å². The first kappa shape index (κ1) is 12.5. The number of hydrogen-bond acceptors (Lipinski definition) is 3. The van der Waals surface area contributed by atoms with E-state index in [0.717, 1.165) is 31.7 Å². The fourth-order valence-corrected chi connectivity index (χ4v) is 3.09. The lowest BCUT2D eigenvalue weighted by Gasteiger charge is -2.39. The average Bonchev–Trinajstić information content (AvgIpc) is 2.39. The minimum Gasteiger partial charge on any atom is -0.345 e. The highest BCUT2D eigenvalue weighted by atomic mass is 32.2. The molecule has 0 aromatic heterocycles. The summed E-state index contributed by atoms with van der Waals surface area (Å²) in [5.41, 5.74) is 0. The van der Waals surface area contributed by atoms with Crippen LogP contribution < -0.4 is 0 Å². The van der Waals surface area contributed by atoms with Gasteiger partial charge in [-0.25, -0.2) is 0 Å². The first-order valence-corrected chi connectivity index (χ1v) is 7.15. The van der Waals surface area contributed by atoms with Crippen molar-refractivity contribution in [2.24, 2.45) is 0 Å². The van der Waals surface area contributed by atoms with Gasteiger partial charge in [0.2, 0.25) is 12.3 Å². The van der Waals surface area contributed by atoms with Crippen molar-refractivity contribution in [1.82, 2.24) is 9.80 Å². The van der Waals surface area contributed by atoms with E-state index in [1.165, 1.54) is 19.3 Å². The van der Waals surface area contributed by atoms with Gasteiger partial charge < -0.3 is 9.80 Å². The van der Waals surface area contributed by atoms with E-state index >= 15 is 0 Å². The SMILES string of the molecule is O=C1CC2SCC=CN12.O=CN1CCCCC1. The number of β-lactam (4-membered cyclic amide) rings is 1. The molecule has 0 N–H and O–H groups in total. The third-order valence-electron chi connectivity index (χ3n) is 3.14. The van der Waals surface area contributed by atoms with Crippen LogP contribution in [0.1, 0.15) is 25.7 Å². The second kappa shape index (κ2) is 6.10. The van der Waals surface area contributed by atoms with Crippen molar-refractivity contribution >= 4 is 24.1 Å². The van der Waals surface area contributed by atoms with Crippen LogP contribution in [0.15, 0.2) is 12.3 Å². The predicted octanol–water partition coefficient (Wildman–Crippen LogP) is 1.43. The molecule has 94 valence electrons. The van der Waals surface area contributed by atoms with Crippen LogP contribution in [0, 0.1) is 0 Å². The first-order valence-electron chi connectivity index (χ1n) is 6.10. The predicted molar refractivity (Wildman–Crippen MR) is 68.3 cm³/mol. The Morgan fingerprint density at radius 2 is 2.06 bits per heavy atom. The molecule has 0 aromatic carbocycles. The Morgan fingerprint density at radius 1 is 1.29 bits per heavy atom. The summed E-state index contributed by atoms with van der Waals surface area (Å²) in [4.78, 5) is 24.4. The van der Waals surface area contributed by atoms with Gasteiger partial charge in [-0.1, -0.05) is 6.08 Å². The molecule has 2 fully saturated rings. The highest BCUT2D eigenvalue weighted by Gasteiger charge is 2.35. The summed E-state index contributed by atoms with van der Waals surface area (Å²) < 4.78 is 0. The normalized spacial score (nSPS) is 26.6. The van der Waals surface area contributed by atoms with Crippen molar-refractivity contribution < 1.29 is 9.59 Å². The standard InChI is InChI=1S/C6H7NOS.C6H11NO/c8-5-4-6-7(5)2-1-3-9-6;8-6-7-4-2-1-3-5-7/h1-2,6H,3-4H2;6H,1-5H2. The van der Waals surface area contributed by atoms with E-state index < -0.39 is 0 Å². The average molecular weight is 254 g/mol. The third kappa shape index (κ3) is 3.25. The Bertz CT molecular complexity index is 314. The molecule has 2 saturated heterocycles. The Morgan fingerprint density at radius 3 is 2.53 bits per heavy atom. The molecule has 17 heavy (non-hydrogen) atoms. The van der Waals surface area contributed by atoms with Gasteiger partial charge >= 0.3 is 0 Å². The van der Waals surface area contributed by atoms with Gasteiger partial charge in [-0.05, 0) is 19.3 Å². The summed E-state index contributed by atoms with van der Waals surface area (Å²) in [6, 6.07) is 0. The number of likely N-dealkylation sites (tertiary alicyclic amines) is 1. The maximum absolute atomic E-state index is 10.7. The fourth-order valence-electron chi connectivity index (χ4n) is 2.07. The summed E-state index contributed by atoms with van der Waals surface area (Å²) in [6.45, 7) is 1.95. The molecule has 2 amide bonds. The molecule has 3 aliphatic rings. The second-order valence-electron chi connectivity index (χ2n) is 4.38. The van der Waals surface area contributed by atoms with E-state index in [9.17, 15) is 9.59 Å². The van der Waals surface area contributed by atoms with Crippen LogP contribution in [0.2, 0.25) is 0 Å². The zero-order valence-electron chi connectivity index (χ0n) is 9.88. The van der Waals surface area contributed by atoms with Crippen LogP contribution in [0.5, 0.6) is 0 Å². The lowest BCUT2D eigenvalue weighted by molar-refractivity contribution is -0.137. The van der Waals surface area contributed by atoms with E-state index in [0.29, 0.717) is 5.37 Å². The van der Waals surface area contributed by atoms with Crippen molar-refractivity contribution in [2.45, 2.75) is 31.1 Å². The van der Waals surface area contributed by atoms with Crippen molar-refractivity contribution in [1.29, 1.82) is 0 Å². The number of amides is 2. The zero-order valence-corrected chi connectivity index (χ0v) is 10.7. The summed E-state index contributed by atoms with van der Waals surface area (Å²) in [5, 5.41) is 0.475. The lowest BCUT2D eigenvalue weighted by atomic mass is 10.1. The molecule has 0 aliphatic carbocycles. The highest BCUT2D eigenvalue weighted by Crippen LogP contribution is 2.32. The minimum absolute atomic E-state index is 0.267. The van der Waals surface area contributed by atoms with E-state index in [2.05, 4.69) is 0 Å². The quantitative estimate of drug-likeness (QED) is 0.525. The van der Waals surface area contributed by atoms with Crippen molar-refractivity contribution in [3.8, 4) is 0 Å². The Balaban J connectivity index is 0.000000128. The second-order valence-corrected chi connectivity index (χ2v) is 5.59. The van der Waals surface area contributed by atoms with Crippen molar-refractivity contribution in [2.75, 3.05) is 18.8 Å². The summed E-state index contributed by atoms with van der Waals surface area (Å²) in [5.74, 6) is 1.33. The molecule has 4 nitrogen and oxygen atoms in total. The number of rotatable bonds is 1. The number of hydrogen-bond donors (Lipinski definition) is 0. The van der Waals surface area contributed by atoms with Gasteiger partial charge in [0.15, 0.2) is 0 Å². The van der Waals surface area contributed by atoms with Crippen LogP contribution in [0.4, 0.5) is 0 Å². The van der Waals surface area contributed by atoms with Crippen LogP contribution >= 0.6 is 11.8 Å². The Kier molecular flexibility index (Phi) is 4.48. The molecule has 0 aromatic rings. The van der Waals surface area contributed by atoms with E-state index in [-0.39, 0.29) is 5.91 Å². The molecule has 3 heterocycles. The molecular weight excluding hydrogens is 236 g/mol. The molecule has 0 radical (unpaired) electrons. The summed E-state index contributed by atoms with van der Waals surface area (Å²) in [6.07, 6.45) is 9.29. The van der Waals surface area contributed by atoms with E-state index in [1.807, 2.05) is 28.9 Å². The number of carbonyl (C=O) groups is 2. The minimum atomic E-state index is 0.267. The highest BCUT2D eigenvalue weighted by molar-refractivity contribution is 8.00. The van der Waals surface area contributed by atoms with Crippen molar-refractivity contribution in [3.63, 3.8) is 0 Å². The maximum Gasteiger partial charge on any atom is 0.230 e. The first-order chi connectivity index (χ1) is 8.31. The molecule has 1 atom stereocenters. The molecular formula is C12H18N2O2S. The van der Waals surface area contributed by atoms with Crippen LogP contribution in [0.25, 0.3) is 0 Å². The summed E-state index contributed by atoms with van der Waals surface area (Å²) in [7, 11) is 0. The Labute approximate surface area is 106 Å². The topological polar surface area (TPSA) is 40.6 Å². The Hall–Kier alpha value is -0.970. The smallest absolute Gasteiger partial charge is 0.230 e. The monoisotopic (exact) mass is 254 g/mol. The van der Waals surface area contributed by atoms with Gasteiger partial charge in [0, 0.05) is 25.0 Å². The molecule has 3 rings (SSSR count). The number of piperidine rings is 1. The zero-order chi connectivity index (χ0) is 12.1. The molecule has 0 bridgehead atoms. The largest absolute Gasteiger partial charge is 0.345 e. The van der Waals surface area contributed by atoms with Gasteiger partial charge in [0.1, 0.15) is 0 Å². The van der Waals surface area contributed by atoms with E-state index in [4.69, 9.17) is 0 Å². The maximum atomic E-state index is 10.7. The van der Waals surface area contributed by atoms with E-state index in [1.54, 1.807) is 4.90 Å². The number of carbonyl (C=O) groups excluding carboxylic acids is 2.